The first-order chi connectivity index (χ1) is 10.1. The van der Waals surface area contributed by atoms with E-state index in [1.54, 1.807) is 11.6 Å². The van der Waals surface area contributed by atoms with Crippen LogP contribution in [0.2, 0.25) is 0 Å². The van der Waals surface area contributed by atoms with Crippen LogP contribution >= 0.6 is 15.9 Å². The second-order valence-electron chi connectivity index (χ2n) is 4.95. The van der Waals surface area contributed by atoms with Crippen molar-refractivity contribution in [1.29, 1.82) is 0 Å². The Morgan fingerprint density at radius 1 is 1.10 bits per heavy atom. The smallest absolute Gasteiger partial charge is 0.258 e. The molecule has 0 aliphatic carbocycles. The zero-order chi connectivity index (χ0) is 15.0. The van der Waals surface area contributed by atoms with Gasteiger partial charge in [0.2, 0.25) is 0 Å². The number of rotatable bonds is 2. The summed E-state index contributed by atoms with van der Waals surface area (Å²) in [5, 5.41) is 1.64. The highest BCUT2D eigenvalue weighted by Gasteiger charge is 2.15. The summed E-state index contributed by atoms with van der Waals surface area (Å²) in [5.74, 6) is 0. The van der Waals surface area contributed by atoms with Crippen LogP contribution in [0.15, 0.2) is 57.8 Å². The lowest BCUT2D eigenvalue weighted by Gasteiger charge is -2.16. The van der Waals surface area contributed by atoms with Crippen LogP contribution in [-0.4, -0.2) is 4.57 Å². The van der Waals surface area contributed by atoms with E-state index in [9.17, 15) is 4.79 Å². The fraction of sp³-hybridized carbons (Fsp3) is 0.118. The molecule has 3 nitrogen and oxygen atoms in total. The lowest BCUT2D eigenvalue weighted by molar-refractivity contribution is 0.785. The van der Waals surface area contributed by atoms with Crippen molar-refractivity contribution < 1.29 is 0 Å². The van der Waals surface area contributed by atoms with Crippen LogP contribution in [0.1, 0.15) is 5.69 Å². The third-order valence-electron chi connectivity index (χ3n) is 3.74. The Balaban J connectivity index is 2.54. The predicted octanol–water partition coefficient (Wildman–Crippen LogP) is 3.43. The van der Waals surface area contributed by atoms with Crippen molar-refractivity contribution in [2.24, 2.45) is 12.8 Å². The lowest BCUT2D eigenvalue weighted by Crippen LogP contribution is -2.23. The molecule has 2 N–H and O–H groups in total. The molecular weight excluding hydrogens is 328 g/mol. The number of hydrogen-bond donors (Lipinski definition) is 1. The zero-order valence-corrected chi connectivity index (χ0v) is 13.2. The topological polar surface area (TPSA) is 48.0 Å². The molecule has 4 heteroatoms. The summed E-state index contributed by atoms with van der Waals surface area (Å²) in [6.07, 6.45) is 0. The summed E-state index contributed by atoms with van der Waals surface area (Å²) in [6.45, 7) is 0.318. The van der Waals surface area contributed by atoms with Crippen molar-refractivity contribution in [1.82, 2.24) is 4.57 Å². The summed E-state index contributed by atoms with van der Waals surface area (Å²) >= 11 is 3.49. The van der Waals surface area contributed by atoms with Crippen LogP contribution in [0.5, 0.6) is 0 Å². The molecule has 0 saturated carbocycles. The minimum absolute atomic E-state index is 0.0161. The highest BCUT2D eigenvalue weighted by atomic mass is 79.9. The Labute approximate surface area is 131 Å². The predicted molar refractivity (Wildman–Crippen MR) is 90.2 cm³/mol. The van der Waals surface area contributed by atoms with Gasteiger partial charge < -0.3 is 10.3 Å². The highest BCUT2D eigenvalue weighted by molar-refractivity contribution is 9.10. The van der Waals surface area contributed by atoms with Gasteiger partial charge in [0.15, 0.2) is 0 Å². The Morgan fingerprint density at radius 2 is 1.81 bits per heavy atom. The van der Waals surface area contributed by atoms with Gasteiger partial charge in [-0.3, -0.25) is 4.79 Å². The van der Waals surface area contributed by atoms with Gasteiger partial charge in [-0.25, -0.2) is 0 Å². The lowest BCUT2D eigenvalue weighted by atomic mass is 9.97. The van der Waals surface area contributed by atoms with Gasteiger partial charge in [0, 0.05) is 34.7 Å². The number of nitrogens with two attached hydrogens (primary N) is 1. The van der Waals surface area contributed by atoms with Crippen molar-refractivity contribution in [3.05, 3.63) is 69.1 Å². The Kier molecular flexibility index (Phi) is 3.66. The molecular formula is C17H15BrN2O. The Morgan fingerprint density at radius 3 is 2.48 bits per heavy atom. The minimum atomic E-state index is -0.0161. The largest absolute Gasteiger partial charge is 0.325 e. The van der Waals surface area contributed by atoms with Gasteiger partial charge in [-0.05, 0) is 29.1 Å². The van der Waals surface area contributed by atoms with E-state index in [1.807, 2.05) is 48.5 Å². The van der Waals surface area contributed by atoms with E-state index >= 15 is 0 Å². The van der Waals surface area contributed by atoms with Crippen LogP contribution in [-0.2, 0) is 13.6 Å². The van der Waals surface area contributed by atoms with Crippen molar-refractivity contribution in [2.45, 2.75) is 6.54 Å². The fourth-order valence-corrected chi connectivity index (χ4v) is 3.06. The monoisotopic (exact) mass is 342 g/mol. The number of benzene rings is 2. The van der Waals surface area contributed by atoms with Crippen LogP contribution in [0.4, 0.5) is 0 Å². The van der Waals surface area contributed by atoms with E-state index in [0.717, 1.165) is 26.7 Å². The highest BCUT2D eigenvalue weighted by Crippen LogP contribution is 2.31. The average molecular weight is 343 g/mol. The second kappa shape index (κ2) is 5.47. The molecule has 106 valence electrons. The number of aromatic nitrogens is 1. The summed E-state index contributed by atoms with van der Waals surface area (Å²) in [7, 11) is 1.78. The van der Waals surface area contributed by atoms with E-state index in [2.05, 4.69) is 15.9 Å². The molecule has 0 aliphatic heterocycles. The SMILES string of the molecule is Cn1c(CN)c(-c2ccccc2)c2cc(Br)ccc2c1=O. The molecule has 21 heavy (non-hydrogen) atoms. The molecule has 0 fully saturated rings. The molecule has 3 aromatic rings. The second-order valence-corrected chi connectivity index (χ2v) is 5.86. The summed E-state index contributed by atoms with van der Waals surface area (Å²) < 4.78 is 2.60. The van der Waals surface area contributed by atoms with Crippen molar-refractivity contribution in [2.75, 3.05) is 0 Å². The first kappa shape index (κ1) is 14.0. The number of pyridine rings is 1. The molecule has 0 spiro atoms. The van der Waals surface area contributed by atoms with Crippen LogP contribution in [0.3, 0.4) is 0 Å². The van der Waals surface area contributed by atoms with Gasteiger partial charge >= 0.3 is 0 Å². The molecule has 2 aromatic carbocycles. The quantitative estimate of drug-likeness (QED) is 0.775. The Hall–Kier alpha value is -1.91. The maximum atomic E-state index is 12.5. The van der Waals surface area contributed by atoms with E-state index in [0.29, 0.717) is 11.9 Å². The van der Waals surface area contributed by atoms with Gasteiger partial charge in [-0.2, -0.15) is 0 Å². The van der Waals surface area contributed by atoms with Gasteiger partial charge in [0.1, 0.15) is 0 Å². The molecule has 0 bridgehead atoms. The van der Waals surface area contributed by atoms with Crippen LogP contribution in [0, 0.1) is 0 Å². The average Bonchev–Trinajstić information content (AvgIpc) is 2.51. The summed E-state index contributed by atoms with van der Waals surface area (Å²) in [6, 6.07) is 15.8. The number of fused-ring (bicyclic) bond motifs is 1. The van der Waals surface area contributed by atoms with Crippen molar-refractivity contribution >= 4 is 26.7 Å². The van der Waals surface area contributed by atoms with Gasteiger partial charge in [0.25, 0.3) is 5.56 Å². The van der Waals surface area contributed by atoms with Gasteiger partial charge in [0.05, 0.1) is 0 Å². The minimum Gasteiger partial charge on any atom is -0.325 e. The first-order valence-corrected chi connectivity index (χ1v) is 7.49. The molecule has 1 heterocycles. The first-order valence-electron chi connectivity index (χ1n) is 6.70. The summed E-state index contributed by atoms with van der Waals surface area (Å²) in [5.41, 5.74) is 8.83. The molecule has 1 aromatic heterocycles. The van der Waals surface area contributed by atoms with Crippen molar-refractivity contribution in [3.8, 4) is 11.1 Å². The van der Waals surface area contributed by atoms with E-state index in [4.69, 9.17) is 5.73 Å². The maximum absolute atomic E-state index is 12.5. The summed E-state index contributed by atoms with van der Waals surface area (Å²) in [4.78, 5) is 12.5. The van der Waals surface area contributed by atoms with Crippen LogP contribution in [0.25, 0.3) is 21.9 Å². The third-order valence-corrected chi connectivity index (χ3v) is 4.23. The van der Waals surface area contributed by atoms with E-state index in [1.165, 1.54) is 0 Å². The third kappa shape index (κ3) is 2.30. The fourth-order valence-electron chi connectivity index (χ4n) is 2.70. The van der Waals surface area contributed by atoms with Gasteiger partial charge in [-0.15, -0.1) is 0 Å². The normalized spacial score (nSPS) is 11.0. The molecule has 0 aliphatic rings. The molecule has 0 radical (unpaired) electrons. The van der Waals surface area contributed by atoms with Crippen LogP contribution < -0.4 is 11.3 Å². The molecule has 0 saturated heterocycles. The molecule has 0 atom stereocenters. The zero-order valence-electron chi connectivity index (χ0n) is 11.6. The van der Waals surface area contributed by atoms with E-state index in [-0.39, 0.29) is 5.56 Å². The Bertz CT molecular complexity index is 869. The van der Waals surface area contributed by atoms with Crippen molar-refractivity contribution in [3.63, 3.8) is 0 Å². The molecule has 3 rings (SSSR count). The van der Waals surface area contributed by atoms with E-state index < -0.39 is 0 Å². The number of nitrogens with zero attached hydrogens (tertiary/aromatic N) is 1. The molecule has 0 amide bonds. The number of hydrogen-bond acceptors (Lipinski definition) is 2. The number of halogens is 1. The standard InChI is InChI=1S/C17H15BrN2O/c1-20-15(10-19)16(11-5-3-2-4-6-11)14-9-12(18)7-8-13(14)17(20)21/h2-9H,10,19H2,1H3. The maximum Gasteiger partial charge on any atom is 0.258 e. The van der Waals surface area contributed by atoms with Gasteiger partial charge in [-0.1, -0.05) is 46.3 Å². The molecule has 0 unspecified atom stereocenters.